The van der Waals surface area contributed by atoms with Crippen molar-refractivity contribution in [1.29, 1.82) is 0 Å². The van der Waals surface area contributed by atoms with Crippen molar-refractivity contribution >= 4 is 11.6 Å². The summed E-state index contributed by atoms with van der Waals surface area (Å²) in [5.41, 5.74) is 1.25. The van der Waals surface area contributed by atoms with E-state index in [1.165, 1.54) is 38.0 Å². The minimum atomic E-state index is 0.854. The summed E-state index contributed by atoms with van der Waals surface area (Å²) in [6.07, 6.45) is 2.61. The topological polar surface area (TPSA) is 15.3 Å². The van der Waals surface area contributed by atoms with Crippen molar-refractivity contribution in [2.24, 2.45) is 5.92 Å². The van der Waals surface area contributed by atoms with Gasteiger partial charge in [0.15, 0.2) is 0 Å². The van der Waals surface area contributed by atoms with E-state index in [2.05, 4.69) is 29.3 Å². The van der Waals surface area contributed by atoms with Gasteiger partial charge in [-0.2, -0.15) is 0 Å². The zero-order valence-electron chi connectivity index (χ0n) is 11.2. The van der Waals surface area contributed by atoms with Gasteiger partial charge in [-0.1, -0.05) is 36.7 Å². The molecule has 0 amide bonds. The van der Waals surface area contributed by atoms with E-state index >= 15 is 0 Å². The maximum Gasteiger partial charge on any atom is 0.0451 e. The Morgan fingerprint density at radius 3 is 2.67 bits per heavy atom. The third-order valence-electron chi connectivity index (χ3n) is 3.74. The number of rotatable bonds is 5. The Kier molecular flexibility index (Phi) is 5.48. The zero-order chi connectivity index (χ0) is 12.8. The molecular formula is C15H23ClN2. The van der Waals surface area contributed by atoms with Gasteiger partial charge in [0.05, 0.1) is 0 Å². The van der Waals surface area contributed by atoms with E-state index in [-0.39, 0.29) is 0 Å². The molecule has 0 unspecified atom stereocenters. The molecule has 1 heterocycles. The molecule has 1 N–H and O–H groups in total. The summed E-state index contributed by atoms with van der Waals surface area (Å²) in [5.74, 6) is 0.854. The first kappa shape index (κ1) is 13.9. The van der Waals surface area contributed by atoms with E-state index < -0.39 is 0 Å². The van der Waals surface area contributed by atoms with Gasteiger partial charge in [0.2, 0.25) is 0 Å². The van der Waals surface area contributed by atoms with Crippen LogP contribution >= 0.6 is 11.6 Å². The molecule has 100 valence electrons. The van der Waals surface area contributed by atoms with Crippen molar-refractivity contribution in [3.63, 3.8) is 0 Å². The third-order valence-corrected chi connectivity index (χ3v) is 4.11. The van der Waals surface area contributed by atoms with Gasteiger partial charge in [-0.25, -0.2) is 0 Å². The van der Waals surface area contributed by atoms with Crippen LogP contribution in [-0.4, -0.2) is 31.1 Å². The van der Waals surface area contributed by atoms with Crippen molar-refractivity contribution in [2.75, 3.05) is 26.2 Å². The molecule has 0 bridgehead atoms. The molecule has 1 aromatic rings. The van der Waals surface area contributed by atoms with Crippen molar-refractivity contribution in [2.45, 2.75) is 26.3 Å². The van der Waals surface area contributed by atoms with Crippen LogP contribution in [0.4, 0.5) is 0 Å². The lowest BCUT2D eigenvalue weighted by atomic mass is 9.96. The lowest BCUT2D eigenvalue weighted by Gasteiger charge is -2.32. The van der Waals surface area contributed by atoms with E-state index in [0.29, 0.717) is 0 Å². The highest BCUT2D eigenvalue weighted by Gasteiger charge is 2.19. The van der Waals surface area contributed by atoms with Gasteiger partial charge in [0.25, 0.3) is 0 Å². The Hall–Kier alpha value is -0.570. The molecule has 0 spiro atoms. The quantitative estimate of drug-likeness (QED) is 0.881. The molecular weight excluding hydrogens is 244 g/mol. The molecule has 1 aliphatic heterocycles. The van der Waals surface area contributed by atoms with Crippen LogP contribution in [0.3, 0.4) is 0 Å². The number of likely N-dealkylation sites (tertiary alicyclic amines) is 1. The monoisotopic (exact) mass is 266 g/mol. The second-order valence-corrected chi connectivity index (χ2v) is 5.53. The third kappa shape index (κ3) is 3.98. The molecule has 1 aliphatic rings. The molecule has 3 heteroatoms. The Labute approximate surface area is 115 Å². The summed E-state index contributed by atoms with van der Waals surface area (Å²) in [7, 11) is 0. The smallest absolute Gasteiger partial charge is 0.0451 e. The number of hydrogen-bond acceptors (Lipinski definition) is 2. The van der Waals surface area contributed by atoms with Crippen LogP contribution < -0.4 is 5.32 Å². The molecule has 2 rings (SSSR count). The van der Waals surface area contributed by atoms with Crippen LogP contribution in [0.25, 0.3) is 0 Å². The summed E-state index contributed by atoms with van der Waals surface area (Å²) in [5, 5.41) is 4.35. The molecule has 2 nitrogen and oxygen atoms in total. The number of piperidine rings is 1. The van der Waals surface area contributed by atoms with Crippen LogP contribution in [0, 0.1) is 5.92 Å². The second-order valence-electron chi connectivity index (χ2n) is 5.12. The van der Waals surface area contributed by atoms with E-state index in [4.69, 9.17) is 11.6 Å². The van der Waals surface area contributed by atoms with Gasteiger partial charge in [-0.3, -0.25) is 4.90 Å². The van der Waals surface area contributed by atoms with Crippen molar-refractivity contribution in [3.8, 4) is 0 Å². The molecule has 18 heavy (non-hydrogen) atoms. The van der Waals surface area contributed by atoms with E-state index in [9.17, 15) is 0 Å². The molecule has 1 fully saturated rings. The van der Waals surface area contributed by atoms with E-state index in [1.54, 1.807) is 0 Å². The number of halogens is 1. The highest BCUT2D eigenvalue weighted by atomic mass is 35.5. The Bertz CT molecular complexity index is 359. The van der Waals surface area contributed by atoms with Gasteiger partial charge >= 0.3 is 0 Å². The molecule has 0 saturated carbocycles. The maximum atomic E-state index is 6.20. The zero-order valence-corrected chi connectivity index (χ0v) is 11.9. The van der Waals surface area contributed by atoms with Crippen LogP contribution in [0.1, 0.15) is 25.3 Å². The average Bonchev–Trinajstić information content (AvgIpc) is 2.41. The first-order valence-corrected chi connectivity index (χ1v) is 7.34. The predicted octanol–water partition coefficient (Wildman–Crippen LogP) is 3.16. The number of hydrogen-bond donors (Lipinski definition) is 1. The Morgan fingerprint density at radius 2 is 2.00 bits per heavy atom. The van der Waals surface area contributed by atoms with Gasteiger partial charge in [0.1, 0.15) is 0 Å². The highest BCUT2D eigenvalue weighted by Crippen LogP contribution is 2.21. The first-order valence-electron chi connectivity index (χ1n) is 6.96. The van der Waals surface area contributed by atoms with Crippen LogP contribution in [0.15, 0.2) is 24.3 Å². The number of nitrogens with one attached hydrogen (secondary N) is 1. The van der Waals surface area contributed by atoms with Crippen molar-refractivity contribution < 1.29 is 0 Å². The fraction of sp³-hybridized carbons (Fsp3) is 0.600. The molecule has 0 radical (unpaired) electrons. The van der Waals surface area contributed by atoms with Crippen LogP contribution in [-0.2, 0) is 6.54 Å². The molecule has 1 saturated heterocycles. The molecule has 0 atom stereocenters. The number of benzene rings is 1. The molecule has 1 aromatic carbocycles. The van der Waals surface area contributed by atoms with Gasteiger partial charge in [-0.15, -0.1) is 0 Å². The predicted molar refractivity (Wildman–Crippen MR) is 78.0 cm³/mol. The SMILES string of the molecule is CCNCC1CCN(Cc2ccccc2Cl)CC1. The van der Waals surface area contributed by atoms with Crippen LogP contribution in [0.2, 0.25) is 5.02 Å². The summed E-state index contributed by atoms with van der Waals surface area (Å²) in [6, 6.07) is 8.18. The van der Waals surface area contributed by atoms with Gasteiger partial charge in [0, 0.05) is 11.6 Å². The largest absolute Gasteiger partial charge is 0.317 e. The summed E-state index contributed by atoms with van der Waals surface area (Å²) < 4.78 is 0. The number of nitrogens with zero attached hydrogens (tertiary/aromatic N) is 1. The maximum absolute atomic E-state index is 6.20. The lowest BCUT2D eigenvalue weighted by Crippen LogP contribution is -2.36. The van der Waals surface area contributed by atoms with Gasteiger partial charge < -0.3 is 5.32 Å². The fourth-order valence-electron chi connectivity index (χ4n) is 2.56. The second kappa shape index (κ2) is 7.13. The summed E-state index contributed by atoms with van der Waals surface area (Å²) in [4.78, 5) is 2.52. The van der Waals surface area contributed by atoms with Gasteiger partial charge in [-0.05, 0) is 56.6 Å². The highest BCUT2D eigenvalue weighted by molar-refractivity contribution is 6.31. The average molecular weight is 267 g/mol. The Balaban J connectivity index is 1.78. The fourth-order valence-corrected chi connectivity index (χ4v) is 2.76. The minimum Gasteiger partial charge on any atom is -0.317 e. The molecule has 0 aromatic heterocycles. The lowest BCUT2D eigenvalue weighted by molar-refractivity contribution is 0.176. The van der Waals surface area contributed by atoms with E-state index in [1.807, 2.05) is 12.1 Å². The summed E-state index contributed by atoms with van der Waals surface area (Å²) >= 11 is 6.20. The normalized spacial score (nSPS) is 18.1. The first-order chi connectivity index (χ1) is 8.79. The van der Waals surface area contributed by atoms with E-state index in [0.717, 1.165) is 24.0 Å². The Morgan fingerprint density at radius 1 is 1.28 bits per heavy atom. The molecule has 0 aliphatic carbocycles. The van der Waals surface area contributed by atoms with Crippen molar-refractivity contribution in [1.82, 2.24) is 10.2 Å². The minimum absolute atomic E-state index is 0.854. The van der Waals surface area contributed by atoms with Crippen LogP contribution in [0.5, 0.6) is 0 Å². The standard InChI is InChI=1S/C15H23ClN2/c1-2-17-11-13-7-9-18(10-8-13)12-14-5-3-4-6-15(14)16/h3-6,13,17H,2,7-12H2,1H3. The van der Waals surface area contributed by atoms with Crippen molar-refractivity contribution in [3.05, 3.63) is 34.9 Å². The summed E-state index contributed by atoms with van der Waals surface area (Å²) in [6.45, 7) is 7.82.